The summed E-state index contributed by atoms with van der Waals surface area (Å²) >= 11 is 10.1. The van der Waals surface area contributed by atoms with E-state index < -0.39 is 10.2 Å². The summed E-state index contributed by atoms with van der Waals surface area (Å²) in [6.45, 7) is 4.15. The van der Waals surface area contributed by atoms with E-state index >= 15 is 0 Å². The fourth-order valence-electron chi connectivity index (χ4n) is 1.57. The first-order chi connectivity index (χ1) is 9.77. The summed E-state index contributed by atoms with van der Waals surface area (Å²) in [5, 5.41) is 3.17. The third-order valence-electron chi connectivity index (χ3n) is 2.72. The zero-order valence-corrected chi connectivity index (χ0v) is 17.4. The first-order valence-corrected chi connectivity index (χ1v) is 10.2. The molecule has 21 heavy (non-hydrogen) atoms. The number of nitrogens with one attached hydrogen (secondary N) is 2. The van der Waals surface area contributed by atoms with E-state index in [0.29, 0.717) is 21.2 Å². The van der Waals surface area contributed by atoms with Gasteiger partial charge in [0.05, 0.1) is 5.69 Å². The molecule has 0 heterocycles. The van der Waals surface area contributed by atoms with Crippen LogP contribution in [-0.2, 0) is 10.2 Å². The van der Waals surface area contributed by atoms with E-state index in [1.165, 1.54) is 4.31 Å². The number of hydrogen-bond acceptors (Lipinski definition) is 3. The molecular weight excluding hydrogens is 490 g/mol. The van der Waals surface area contributed by atoms with E-state index in [1.807, 2.05) is 6.92 Å². The van der Waals surface area contributed by atoms with Crippen LogP contribution in [0.2, 0.25) is 0 Å². The lowest BCUT2D eigenvalue weighted by atomic mass is 10.3. The molecular formula is C12H18Br3N3O2S. The summed E-state index contributed by atoms with van der Waals surface area (Å²) in [6.07, 6.45) is 0.758. The number of nitrogens with zero attached hydrogens (tertiary/aromatic N) is 1. The van der Waals surface area contributed by atoms with E-state index in [1.54, 1.807) is 19.2 Å². The average Bonchev–Trinajstić information content (AvgIpc) is 2.38. The lowest BCUT2D eigenvalue weighted by Gasteiger charge is -2.19. The van der Waals surface area contributed by atoms with Crippen molar-refractivity contribution >= 4 is 63.7 Å². The fraction of sp³-hybridized carbons (Fsp3) is 0.500. The summed E-state index contributed by atoms with van der Waals surface area (Å²) in [6, 6.07) is 3.57. The zero-order chi connectivity index (χ0) is 16.0. The molecule has 0 aromatic heterocycles. The SMILES string of the molecule is CCNCCCN(C)S(=O)(=O)Nc1c(Br)cc(Br)cc1Br. The molecule has 0 spiro atoms. The van der Waals surface area contributed by atoms with E-state index in [2.05, 4.69) is 57.8 Å². The highest BCUT2D eigenvalue weighted by Gasteiger charge is 2.20. The average molecular weight is 508 g/mol. The summed E-state index contributed by atoms with van der Waals surface area (Å²) in [4.78, 5) is 0. The van der Waals surface area contributed by atoms with Crippen LogP contribution in [0.5, 0.6) is 0 Å². The standard InChI is InChI=1S/C12H18Br3N3O2S/c1-3-16-5-4-6-18(2)21(19,20)17-12-10(14)7-9(13)8-11(12)15/h7-8,16-17H,3-6H2,1-2H3. The van der Waals surface area contributed by atoms with Crippen molar-refractivity contribution in [3.63, 3.8) is 0 Å². The lowest BCUT2D eigenvalue weighted by molar-refractivity contribution is 0.459. The second-order valence-corrected chi connectivity index (χ2v) is 8.78. The van der Waals surface area contributed by atoms with Crippen LogP contribution in [0.3, 0.4) is 0 Å². The van der Waals surface area contributed by atoms with Crippen LogP contribution in [0.1, 0.15) is 13.3 Å². The predicted octanol–water partition coefficient (Wildman–Crippen LogP) is 3.56. The van der Waals surface area contributed by atoms with Crippen molar-refractivity contribution < 1.29 is 8.42 Å². The maximum atomic E-state index is 12.3. The van der Waals surface area contributed by atoms with Gasteiger partial charge >= 0.3 is 10.2 Å². The Balaban J connectivity index is 2.76. The Hall–Kier alpha value is 0.330. The molecule has 0 amide bonds. The Morgan fingerprint density at radius 2 is 1.76 bits per heavy atom. The molecule has 0 atom stereocenters. The van der Waals surface area contributed by atoms with Gasteiger partial charge in [0.1, 0.15) is 0 Å². The molecule has 120 valence electrons. The van der Waals surface area contributed by atoms with Crippen LogP contribution in [0, 0.1) is 0 Å². The molecule has 0 saturated carbocycles. The number of rotatable bonds is 8. The second kappa shape index (κ2) is 8.83. The molecule has 0 aliphatic heterocycles. The van der Waals surface area contributed by atoms with Crippen molar-refractivity contribution in [2.24, 2.45) is 0 Å². The molecule has 0 unspecified atom stereocenters. The van der Waals surface area contributed by atoms with Crippen LogP contribution >= 0.6 is 47.8 Å². The normalized spacial score (nSPS) is 11.9. The third kappa shape index (κ3) is 6.15. The molecule has 0 bridgehead atoms. The van der Waals surface area contributed by atoms with Gasteiger partial charge in [-0.2, -0.15) is 12.7 Å². The van der Waals surface area contributed by atoms with Gasteiger partial charge in [0.25, 0.3) is 0 Å². The van der Waals surface area contributed by atoms with Crippen LogP contribution < -0.4 is 10.0 Å². The Labute approximate surface area is 151 Å². The van der Waals surface area contributed by atoms with Gasteiger partial charge in [0, 0.05) is 27.0 Å². The molecule has 0 radical (unpaired) electrons. The summed E-state index contributed by atoms with van der Waals surface area (Å²) < 4.78 is 30.7. The van der Waals surface area contributed by atoms with E-state index in [4.69, 9.17) is 0 Å². The third-order valence-corrected chi connectivity index (χ3v) is 5.90. The minimum atomic E-state index is -3.58. The molecule has 9 heteroatoms. The van der Waals surface area contributed by atoms with E-state index in [0.717, 1.165) is 24.0 Å². The van der Waals surface area contributed by atoms with Gasteiger partial charge in [0.2, 0.25) is 0 Å². The monoisotopic (exact) mass is 505 g/mol. The van der Waals surface area contributed by atoms with Gasteiger partial charge in [-0.05, 0) is 63.5 Å². The Morgan fingerprint density at radius 3 is 2.29 bits per heavy atom. The van der Waals surface area contributed by atoms with Gasteiger partial charge in [-0.25, -0.2) is 0 Å². The molecule has 0 aliphatic carbocycles. The highest BCUT2D eigenvalue weighted by Crippen LogP contribution is 2.35. The van der Waals surface area contributed by atoms with Crippen molar-refractivity contribution in [1.29, 1.82) is 0 Å². The van der Waals surface area contributed by atoms with Crippen molar-refractivity contribution in [3.8, 4) is 0 Å². The Kier molecular flexibility index (Phi) is 8.15. The Morgan fingerprint density at radius 1 is 1.19 bits per heavy atom. The highest BCUT2D eigenvalue weighted by atomic mass is 79.9. The maximum absolute atomic E-state index is 12.3. The molecule has 5 nitrogen and oxygen atoms in total. The largest absolute Gasteiger partial charge is 0.317 e. The predicted molar refractivity (Wildman–Crippen MR) is 97.9 cm³/mol. The van der Waals surface area contributed by atoms with Crippen LogP contribution in [-0.4, -0.2) is 39.4 Å². The van der Waals surface area contributed by atoms with Crippen molar-refractivity contribution in [1.82, 2.24) is 9.62 Å². The van der Waals surface area contributed by atoms with Crippen LogP contribution in [0.25, 0.3) is 0 Å². The fourth-order valence-corrected chi connectivity index (χ4v) is 5.29. The molecule has 2 N–H and O–H groups in total. The minimum Gasteiger partial charge on any atom is -0.317 e. The van der Waals surface area contributed by atoms with Gasteiger partial charge < -0.3 is 5.32 Å². The van der Waals surface area contributed by atoms with E-state index in [-0.39, 0.29) is 0 Å². The Bertz CT molecular complexity index is 558. The number of anilines is 1. The summed E-state index contributed by atoms with van der Waals surface area (Å²) in [5.41, 5.74) is 0.483. The number of halogens is 3. The van der Waals surface area contributed by atoms with Gasteiger partial charge in [0.15, 0.2) is 0 Å². The van der Waals surface area contributed by atoms with Crippen molar-refractivity contribution in [2.45, 2.75) is 13.3 Å². The van der Waals surface area contributed by atoms with Crippen LogP contribution in [0.4, 0.5) is 5.69 Å². The number of benzene rings is 1. The highest BCUT2D eigenvalue weighted by molar-refractivity contribution is 9.11. The minimum absolute atomic E-state index is 0.452. The zero-order valence-electron chi connectivity index (χ0n) is 11.8. The quantitative estimate of drug-likeness (QED) is 0.529. The second-order valence-electron chi connectivity index (χ2n) is 4.38. The van der Waals surface area contributed by atoms with Crippen molar-refractivity contribution in [3.05, 3.63) is 25.6 Å². The van der Waals surface area contributed by atoms with Crippen LogP contribution in [0.15, 0.2) is 25.6 Å². The molecule has 1 aromatic rings. The maximum Gasteiger partial charge on any atom is 0.301 e. The summed E-state index contributed by atoms with van der Waals surface area (Å²) in [5.74, 6) is 0. The van der Waals surface area contributed by atoms with Gasteiger partial charge in [-0.3, -0.25) is 4.72 Å². The molecule has 0 fully saturated rings. The molecule has 1 aromatic carbocycles. The van der Waals surface area contributed by atoms with E-state index in [9.17, 15) is 8.42 Å². The topological polar surface area (TPSA) is 61.4 Å². The number of hydrogen-bond donors (Lipinski definition) is 2. The van der Waals surface area contributed by atoms with Gasteiger partial charge in [-0.15, -0.1) is 0 Å². The smallest absolute Gasteiger partial charge is 0.301 e. The summed E-state index contributed by atoms with van der Waals surface area (Å²) in [7, 11) is -2.01. The molecule has 0 saturated heterocycles. The first-order valence-electron chi connectivity index (χ1n) is 6.37. The lowest BCUT2D eigenvalue weighted by Crippen LogP contribution is -2.34. The molecule has 0 aliphatic rings. The first kappa shape index (κ1) is 19.4. The van der Waals surface area contributed by atoms with Crippen molar-refractivity contribution in [2.75, 3.05) is 31.4 Å². The molecule has 1 rings (SSSR count). The van der Waals surface area contributed by atoms with Gasteiger partial charge in [-0.1, -0.05) is 22.9 Å².